The molecule has 116 valence electrons. The van der Waals surface area contributed by atoms with Crippen LogP contribution in [0, 0.1) is 13.8 Å². The summed E-state index contributed by atoms with van der Waals surface area (Å²) in [5.74, 6) is 0. The standard InChI is InChI=1S/C18H29N3/c1-4-19-17(12-16-10-14(2)9-15(3)11-16)18-13-20-5-7-21(18)8-6-20/h9-11,17-19H,4-8,12-13H2,1-3H3. The third kappa shape index (κ3) is 3.47. The van der Waals surface area contributed by atoms with Crippen molar-refractivity contribution >= 4 is 0 Å². The Balaban J connectivity index is 1.75. The number of hydrogen-bond donors (Lipinski definition) is 1. The molecule has 21 heavy (non-hydrogen) atoms. The lowest BCUT2D eigenvalue weighted by Crippen LogP contribution is -2.66. The van der Waals surface area contributed by atoms with Gasteiger partial charge in [0.05, 0.1) is 0 Å². The first-order chi connectivity index (χ1) is 10.2. The second kappa shape index (κ2) is 6.47. The van der Waals surface area contributed by atoms with Crippen molar-refractivity contribution in [3.05, 3.63) is 34.9 Å². The molecule has 3 aliphatic rings. The van der Waals surface area contributed by atoms with Gasteiger partial charge in [-0.15, -0.1) is 0 Å². The molecule has 3 fully saturated rings. The molecule has 0 amide bonds. The van der Waals surface area contributed by atoms with E-state index in [1.165, 1.54) is 49.4 Å². The number of hydrogen-bond acceptors (Lipinski definition) is 3. The Morgan fingerprint density at radius 2 is 1.76 bits per heavy atom. The van der Waals surface area contributed by atoms with Crippen molar-refractivity contribution in [3.8, 4) is 0 Å². The van der Waals surface area contributed by atoms with Gasteiger partial charge < -0.3 is 5.32 Å². The van der Waals surface area contributed by atoms with Crippen LogP contribution in [0.4, 0.5) is 0 Å². The summed E-state index contributed by atoms with van der Waals surface area (Å²) in [7, 11) is 0. The largest absolute Gasteiger partial charge is 0.312 e. The van der Waals surface area contributed by atoms with E-state index in [0.717, 1.165) is 13.0 Å². The number of nitrogens with zero attached hydrogens (tertiary/aromatic N) is 2. The third-order valence-electron chi connectivity index (χ3n) is 4.99. The van der Waals surface area contributed by atoms with Crippen molar-refractivity contribution in [2.75, 3.05) is 39.3 Å². The van der Waals surface area contributed by atoms with Crippen LogP contribution in [0.5, 0.6) is 0 Å². The van der Waals surface area contributed by atoms with Crippen LogP contribution in [0.3, 0.4) is 0 Å². The monoisotopic (exact) mass is 287 g/mol. The van der Waals surface area contributed by atoms with Gasteiger partial charge in [0.25, 0.3) is 0 Å². The van der Waals surface area contributed by atoms with Crippen molar-refractivity contribution in [1.29, 1.82) is 0 Å². The summed E-state index contributed by atoms with van der Waals surface area (Å²) in [6.07, 6.45) is 1.14. The molecular weight excluding hydrogens is 258 g/mol. The van der Waals surface area contributed by atoms with Gasteiger partial charge in [-0.05, 0) is 32.4 Å². The molecule has 1 aromatic carbocycles. The molecule has 3 heteroatoms. The SMILES string of the molecule is CCNC(Cc1cc(C)cc(C)c1)C1CN2CCN1CC2. The van der Waals surface area contributed by atoms with E-state index in [-0.39, 0.29) is 0 Å². The van der Waals surface area contributed by atoms with E-state index in [2.05, 4.69) is 54.1 Å². The molecule has 0 aliphatic carbocycles. The number of benzene rings is 1. The van der Waals surface area contributed by atoms with Gasteiger partial charge in [-0.25, -0.2) is 0 Å². The Hall–Kier alpha value is -0.900. The summed E-state index contributed by atoms with van der Waals surface area (Å²) < 4.78 is 0. The first-order valence-electron chi connectivity index (χ1n) is 8.42. The summed E-state index contributed by atoms with van der Waals surface area (Å²) in [4.78, 5) is 5.34. The Bertz CT molecular complexity index is 457. The minimum absolute atomic E-state index is 0.569. The molecule has 3 saturated heterocycles. The predicted octanol–water partition coefficient (Wildman–Crippen LogP) is 1.82. The van der Waals surface area contributed by atoms with Crippen LogP contribution in [-0.4, -0.2) is 61.2 Å². The molecule has 0 spiro atoms. The molecular formula is C18H29N3. The lowest BCUT2D eigenvalue weighted by molar-refractivity contribution is -0.00289. The van der Waals surface area contributed by atoms with Crippen LogP contribution >= 0.6 is 0 Å². The minimum Gasteiger partial charge on any atom is -0.312 e. The molecule has 1 aromatic rings. The molecule has 0 saturated carbocycles. The van der Waals surface area contributed by atoms with Crippen LogP contribution in [0.15, 0.2) is 18.2 Å². The molecule has 2 unspecified atom stereocenters. The van der Waals surface area contributed by atoms with E-state index in [0.29, 0.717) is 12.1 Å². The fourth-order valence-corrected chi connectivity index (χ4v) is 4.09. The molecule has 3 heterocycles. The molecule has 0 radical (unpaired) electrons. The van der Waals surface area contributed by atoms with Crippen molar-refractivity contribution in [2.45, 2.75) is 39.3 Å². The summed E-state index contributed by atoms with van der Waals surface area (Å²) in [5.41, 5.74) is 4.25. The third-order valence-corrected chi connectivity index (χ3v) is 4.99. The van der Waals surface area contributed by atoms with Gasteiger partial charge in [-0.3, -0.25) is 9.80 Å². The maximum Gasteiger partial charge on any atom is 0.0380 e. The highest BCUT2D eigenvalue weighted by atomic mass is 15.4. The number of piperazine rings is 3. The maximum atomic E-state index is 3.76. The molecule has 0 aromatic heterocycles. The molecule has 3 aliphatic heterocycles. The Morgan fingerprint density at radius 1 is 1.10 bits per heavy atom. The highest BCUT2D eigenvalue weighted by molar-refractivity contribution is 5.29. The van der Waals surface area contributed by atoms with Gasteiger partial charge in [0.2, 0.25) is 0 Å². The zero-order chi connectivity index (χ0) is 14.8. The Labute approximate surface area is 129 Å². The van der Waals surface area contributed by atoms with Crippen LogP contribution in [-0.2, 0) is 6.42 Å². The molecule has 3 nitrogen and oxygen atoms in total. The lowest BCUT2D eigenvalue weighted by atomic mass is 9.93. The highest BCUT2D eigenvalue weighted by Gasteiger charge is 2.36. The van der Waals surface area contributed by atoms with Gasteiger partial charge in [0.15, 0.2) is 0 Å². The summed E-state index contributed by atoms with van der Waals surface area (Å²) in [6, 6.07) is 8.22. The number of aryl methyl sites for hydroxylation is 2. The van der Waals surface area contributed by atoms with Crippen molar-refractivity contribution < 1.29 is 0 Å². The fourth-order valence-electron chi connectivity index (χ4n) is 4.09. The average molecular weight is 287 g/mol. The molecule has 4 rings (SSSR count). The topological polar surface area (TPSA) is 18.5 Å². The van der Waals surface area contributed by atoms with E-state index in [4.69, 9.17) is 0 Å². The van der Waals surface area contributed by atoms with Crippen molar-refractivity contribution in [1.82, 2.24) is 15.1 Å². The van der Waals surface area contributed by atoms with Crippen molar-refractivity contribution in [2.24, 2.45) is 0 Å². The van der Waals surface area contributed by atoms with E-state index < -0.39 is 0 Å². The summed E-state index contributed by atoms with van der Waals surface area (Å²) in [5, 5.41) is 3.76. The zero-order valence-electron chi connectivity index (χ0n) is 13.7. The second-order valence-corrected chi connectivity index (χ2v) is 6.77. The van der Waals surface area contributed by atoms with E-state index >= 15 is 0 Å². The maximum absolute atomic E-state index is 3.76. The minimum atomic E-state index is 0.569. The zero-order valence-corrected chi connectivity index (χ0v) is 13.7. The molecule has 2 bridgehead atoms. The number of fused-ring (bicyclic) bond motifs is 3. The van der Waals surface area contributed by atoms with Crippen LogP contribution < -0.4 is 5.32 Å². The van der Waals surface area contributed by atoms with Gasteiger partial charge in [0.1, 0.15) is 0 Å². The van der Waals surface area contributed by atoms with Crippen LogP contribution in [0.1, 0.15) is 23.6 Å². The lowest BCUT2D eigenvalue weighted by Gasteiger charge is -2.50. The van der Waals surface area contributed by atoms with Gasteiger partial charge in [-0.1, -0.05) is 36.2 Å². The number of rotatable bonds is 5. The smallest absolute Gasteiger partial charge is 0.0380 e. The Kier molecular flexibility index (Phi) is 4.63. The predicted molar refractivity (Wildman–Crippen MR) is 88.9 cm³/mol. The number of likely N-dealkylation sites (N-methyl/N-ethyl adjacent to an activating group) is 1. The van der Waals surface area contributed by atoms with E-state index in [1.54, 1.807) is 0 Å². The Morgan fingerprint density at radius 3 is 2.29 bits per heavy atom. The first kappa shape index (κ1) is 15.0. The second-order valence-electron chi connectivity index (χ2n) is 6.77. The van der Waals surface area contributed by atoms with Gasteiger partial charge in [0, 0.05) is 44.8 Å². The van der Waals surface area contributed by atoms with Crippen LogP contribution in [0.2, 0.25) is 0 Å². The average Bonchev–Trinajstić information content (AvgIpc) is 2.47. The molecule has 1 N–H and O–H groups in total. The van der Waals surface area contributed by atoms with E-state index in [9.17, 15) is 0 Å². The van der Waals surface area contributed by atoms with Gasteiger partial charge >= 0.3 is 0 Å². The number of nitrogens with one attached hydrogen (secondary N) is 1. The fraction of sp³-hybridized carbons (Fsp3) is 0.667. The van der Waals surface area contributed by atoms with Gasteiger partial charge in [-0.2, -0.15) is 0 Å². The first-order valence-corrected chi connectivity index (χ1v) is 8.42. The summed E-state index contributed by atoms with van der Waals surface area (Å²) >= 11 is 0. The normalized spacial score (nSPS) is 29.6. The van der Waals surface area contributed by atoms with Crippen LogP contribution in [0.25, 0.3) is 0 Å². The van der Waals surface area contributed by atoms with E-state index in [1.807, 2.05) is 0 Å². The highest BCUT2D eigenvalue weighted by Crippen LogP contribution is 2.21. The van der Waals surface area contributed by atoms with Crippen molar-refractivity contribution in [3.63, 3.8) is 0 Å². The quantitative estimate of drug-likeness (QED) is 0.891. The molecule has 2 atom stereocenters. The summed E-state index contributed by atoms with van der Waals surface area (Å²) in [6.45, 7) is 14.0.